The number of nitrogens with zero attached hydrogens (tertiary/aromatic N) is 4. The summed E-state index contributed by atoms with van der Waals surface area (Å²) in [6.07, 6.45) is 1.97. The second kappa shape index (κ2) is 7.04. The van der Waals surface area contributed by atoms with E-state index < -0.39 is 0 Å². The predicted octanol–water partition coefficient (Wildman–Crippen LogP) is 2.89. The minimum Gasteiger partial charge on any atom is -0.354 e. The SMILES string of the molecule is Cc1ccc(NC(=O)c2cccc3c2ccn3C)nc1N1CCN(C)CC1. The molecule has 140 valence electrons. The van der Waals surface area contributed by atoms with E-state index in [0.717, 1.165) is 48.5 Å². The molecule has 1 amide bonds. The summed E-state index contributed by atoms with van der Waals surface area (Å²) < 4.78 is 2.02. The molecule has 2 aromatic heterocycles. The van der Waals surface area contributed by atoms with E-state index in [4.69, 9.17) is 4.98 Å². The highest BCUT2D eigenvalue weighted by atomic mass is 16.1. The summed E-state index contributed by atoms with van der Waals surface area (Å²) in [5.41, 5.74) is 2.83. The van der Waals surface area contributed by atoms with Crippen molar-refractivity contribution in [3.63, 3.8) is 0 Å². The number of likely N-dealkylation sites (N-methyl/N-ethyl adjacent to an activating group) is 1. The van der Waals surface area contributed by atoms with Crippen LogP contribution in [0.25, 0.3) is 10.9 Å². The normalized spacial score (nSPS) is 15.3. The predicted molar refractivity (Wildman–Crippen MR) is 110 cm³/mol. The molecule has 3 aromatic rings. The molecule has 1 N–H and O–H groups in total. The standard InChI is InChI=1S/C21H25N5O/c1-15-7-8-19(22-20(15)26-13-11-24(2)12-14-26)23-21(27)17-5-4-6-18-16(17)9-10-25(18)3/h4-10H,11-14H2,1-3H3,(H,22,23,27). The minimum absolute atomic E-state index is 0.132. The molecule has 4 rings (SSSR count). The van der Waals surface area contributed by atoms with E-state index >= 15 is 0 Å². The maximum absolute atomic E-state index is 12.9. The van der Waals surface area contributed by atoms with E-state index in [1.807, 2.05) is 54.2 Å². The quantitative estimate of drug-likeness (QED) is 0.777. The number of anilines is 2. The molecule has 27 heavy (non-hydrogen) atoms. The van der Waals surface area contributed by atoms with Crippen molar-refractivity contribution in [1.82, 2.24) is 14.5 Å². The number of fused-ring (bicyclic) bond motifs is 1. The number of amides is 1. The molecule has 0 bridgehead atoms. The van der Waals surface area contributed by atoms with E-state index in [9.17, 15) is 4.79 Å². The summed E-state index contributed by atoms with van der Waals surface area (Å²) in [5, 5.41) is 3.93. The van der Waals surface area contributed by atoms with Crippen LogP contribution in [-0.4, -0.2) is 53.6 Å². The van der Waals surface area contributed by atoms with Crippen LogP contribution in [0.4, 0.5) is 11.6 Å². The molecule has 1 saturated heterocycles. The van der Waals surface area contributed by atoms with Gasteiger partial charge < -0.3 is 19.7 Å². The number of benzene rings is 1. The maximum Gasteiger partial charge on any atom is 0.257 e. The van der Waals surface area contributed by atoms with E-state index in [-0.39, 0.29) is 5.91 Å². The second-order valence-electron chi connectivity index (χ2n) is 7.25. The molecule has 0 saturated carbocycles. The third-order valence-electron chi connectivity index (χ3n) is 5.29. The molecule has 0 radical (unpaired) electrons. The molecule has 0 atom stereocenters. The average Bonchev–Trinajstić information content (AvgIpc) is 3.05. The largest absolute Gasteiger partial charge is 0.354 e. The van der Waals surface area contributed by atoms with Crippen LogP contribution >= 0.6 is 0 Å². The molecular formula is C21H25N5O. The minimum atomic E-state index is -0.132. The van der Waals surface area contributed by atoms with Crippen molar-refractivity contribution in [3.8, 4) is 0 Å². The smallest absolute Gasteiger partial charge is 0.257 e. The van der Waals surface area contributed by atoms with E-state index in [1.54, 1.807) is 0 Å². The van der Waals surface area contributed by atoms with Gasteiger partial charge in [-0.25, -0.2) is 4.98 Å². The van der Waals surface area contributed by atoms with Gasteiger partial charge in [-0.2, -0.15) is 0 Å². The molecule has 0 spiro atoms. The lowest BCUT2D eigenvalue weighted by atomic mass is 10.1. The molecule has 0 unspecified atom stereocenters. The van der Waals surface area contributed by atoms with E-state index in [0.29, 0.717) is 11.4 Å². The van der Waals surface area contributed by atoms with Crippen molar-refractivity contribution < 1.29 is 4.79 Å². The molecule has 1 aliphatic rings. The summed E-state index contributed by atoms with van der Waals surface area (Å²) in [6.45, 7) is 6.01. The summed E-state index contributed by atoms with van der Waals surface area (Å²) >= 11 is 0. The van der Waals surface area contributed by atoms with E-state index in [1.165, 1.54) is 0 Å². The molecule has 1 fully saturated rings. The Bertz CT molecular complexity index is 985. The zero-order valence-electron chi connectivity index (χ0n) is 16.1. The Hall–Kier alpha value is -2.86. The van der Waals surface area contributed by atoms with Gasteiger partial charge in [-0.15, -0.1) is 0 Å². The van der Waals surface area contributed by atoms with Crippen LogP contribution in [-0.2, 0) is 7.05 Å². The number of aryl methyl sites for hydroxylation is 2. The number of rotatable bonds is 3. The number of hydrogen-bond acceptors (Lipinski definition) is 4. The molecule has 1 aromatic carbocycles. The number of hydrogen-bond donors (Lipinski definition) is 1. The van der Waals surface area contributed by atoms with Crippen LogP contribution in [0.1, 0.15) is 15.9 Å². The molecule has 6 heteroatoms. The van der Waals surface area contributed by atoms with Crippen molar-refractivity contribution in [3.05, 3.63) is 53.7 Å². The molecule has 1 aliphatic heterocycles. The molecule has 6 nitrogen and oxygen atoms in total. The number of piperazine rings is 1. The van der Waals surface area contributed by atoms with Gasteiger partial charge in [0, 0.05) is 55.9 Å². The third kappa shape index (κ3) is 3.40. The highest BCUT2D eigenvalue weighted by molar-refractivity contribution is 6.12. The van der Waals surface area contributed by atoms with Crippen LogP contribution in [0, 0.1) is 6.92 Å². The Morgan fingerprint density at radius 2 is 1.81 bits per heavy atom. The molecular weight excluding hydrogens is 338 g/mol. The van der Waals surface area contributed by atoms with Crippen LogP contribution in [0.15, 0.2) is 42.6 Å². The Morgan fingerprint density at radius 1 is 1.04 bits per heavy atom. The van der Waals surface area contributed by atoms with Gasteiger partial charge in [0.05, 0.1) is 0 Å². The first-order valence-electron chi connectivity index (χ1n) is 9.29. The fourth-order valence-corrected chi connectivity index (χ4v) is 3.61. The van der Waals surface area contributed by atoms with Gasteiger partial charge >= 0.3 is 0 Å². The topological polar surface area (TPSA) is 53.4 Å². The van der Waals surface area contributed by atoms with Crippen molar-refractivity contribution in [2.75, 3.05) is 43.4 Å². The Morgan fingerprint density at radius 3 is 2.59 bits per heavy atom. The van der Waals surface area contributed by atoms with Crippen molar-refractivity contribution in [1.29, 1.82) is 0 Å². The number of carbonyl (C=O) groups is 1. The first-order chi connectivity index (χ1) is 13.0. The van der Waals surface area contributed by atoms with Crippen molar-refractivity contribution in [2.45, 2.75) is 6.92 Å². The summed E-state index contributed by atoms with van der Waals surface area (Å²) in [5.74, 6) is 1.42. The average molecular weight is 363 g/mol. The van der Waals surface area contributed by atoms with Gasteiger partial charge in [0.1, 0.15) is 11.6 Å². The van der Waals surface area contributed by atoms with Crippen LogP contribution in [0.5, 0.6) is 0 Å². The lowest BCUT2D eigenvalue weighted by Gasteiger charge is -2.34. The third-order valence-corrected chi connectivity index (χ3v) is 5.29. The lowest BCUT2D eigenvalue weighted by molar-refractivity contribution is 0.102. The van der Waals surface area contributed by atoms with Crippen LogP contribution < -0.4 is 10.2 Å². The Kier molecular flexibility index (Phi) is 4.58. The number of nitrogens with one attached hydrogen (secondary N) is 1. The van der Waals surface area contributed by atoms with Crippen LogP contribution in [0.2, 0.25) is 0 Å². The summed E-state index contributed by atoms with van der Waals surface area (Å²) in [6, 6.07) is 11.7. The van der Waals surface area contributed by atoms with Gasteiger partial charge in [-0.1, -0.05) is 12.1 Å². The lowest BCUT2D eigenvalue weighted by Crippen LogP contribution is -2.45. The fraction of sp³-hybridized carbons (Fsp3) is 0.333. The maximum atomic E-state index is 12.9. The molecule has 3 heterocycles. The van der Waals surface area contributed by atoms with Gasteiger partial charge in [0.25, 0.3) is 5.91 Å². The second-order valence-corrected chi connectivity index (χ2v) is 7.25. The zero-order chi connectivity index (χ0) is 19.0. The van der Waals surface area contributed by atoms with Crippen LogP contribution in [0.3, 0.4) is 0 Å². The molecule has 0 aliphatic carbocycles. The first-order valence-corrected chi connectivity index (χ1v) is 9.29. The summed E-state index contributed by atoms with van der Waals surface area (Å²) in [7, 11) is 4.12. The number of pyridine rings is 1. The van der Waals surface area contributed by atoms with Crippen molar-refractivity contribution >= 4 is 28.4 Å². The van der Waals surface area contributed by atoms with E-state index in [2.05, 4.69) is 29.1 Å². The monoisotopic (exact) mass is 363 g/mol. The van der Waals surface area contributed by atoms with Gasteiger partial charge in [0.15, 0.2) is 0 Å². The zero-order valence-corrected chi connectivity index (χ0v) is 16.1. The van der Waals surface area contributed by atoms with Gasteiger partial charge in [0.2, 0.25) is 0 Å². The highest BCUT2D eigenvalue weighted by Crippen LogP contribution is 2.23. The number of aromatic nitrogens is 2. The Balaban J connectivity index is 1.59. The summed E-state index contributed by atoms with van der Waals surface area (Å²) in [4.78, 5) is 22.2. The van der Waals surface area contributed by atoms with Gasteiger partial charge in [-0.05, 0) is 43.8 Å². The fourth-order valence-electron chi connectivity index (χ4n) is 3.61. The van der Waals surface area contributed by atoms with Crippen molar-refractivity contribution in [2.24, 2.45) is 7.05 Å². The first kappa shape index (κ1) is 17.5. The Labute approximate surface area is 159 Å². The van der Waals surface area contributed by atoms with Gasteiger partial charge in [-0.3, -0.25) is 4.79 Å². The number of carbonyl (C=O) groups excluding carboxylic acids is 1. The highest BCUT2D eigenvalue weighted by Gasteiger charge is 2.18.